The Labute approximate surface area is 163 Å². The van der Waals surface area contributed by atoms with Crippen LogP contribution in [0.1, 0.15) is 51.0 Å². The minimum absolute atomic E-state index is 0.0194. The van der Waals surface area contributed by atoms with E-state index in [-0.39, 0.29) is 12.0 Å². The summed E-state index contributed by atoms with van der Waals surface area (Å²) in [4.78, 5) is 16.8. The van der Waals surface area contributed by atoms with Crippen LogP contribution in [-0.4, -0.2) is 56.4 Å². The van der Waals surface area contributed by atoms with Crippen LogP contribution in [-0.2, 0) is 20.8 Å². The van der Waals surface area contributed by atoms with E-state index in [2.05, 4.69) is 29.2 Å². The zero-order valence-corrected chi connectivity index (χ0v) is 16.9. The summed E-state index contributed by atoms with van der Waals surface area (Å²) in [5.74, 6) is 0.0194. The lowest BCUT2D eigenvalue weighted by molar-refractivity contribution is -0.145. The standard InChI is InChI=1S/C22H34N2O3/c1-18(27-17-21-8-4-7-15-26-21)22(25)23(2)16-19-9-11-20(12-10-19)24-13-5-3-6-14-24/h9-12,18,21H,3-8,13-17H2,1-2H3. The summed E-state index contributed by atoms with van der Waals surface area (Å²) in [5.41, 5.74) is 2.44. The Morgan fingerprint density at radius 3 is 2.59 bits per heavy atom. The molecule has 0 saturated carbocycles. The Morgan fingerprint density at radius 2 is 1.93 bits per heavy atom. The van der Waals surface area contributed by atoms with E-state index in [0.29, 0.717) is 13.2 Å². The molecule has 1 amide bonds. The van der Waals surface area contributed by atoms with Crippen LogP contribution in [0, 0.1) is 0 Å². The van der Waals surface area contributed by atoms with Gasteiger partial charge in [-0.3, -0.25) is 4.79 Å². The van der Waals surface area contributed by atoms with Crippen LogP contribution in [0.15, 0.2) is 24.3 Å². The Balaban J connectivity index is 1.45. The number of carbonyl (C=O) groups is 1. The van der Waals surface area contributed by atoms with Crippen molar-refractivity contribution in [2.75, 3.05) is 38.3 Å². The molecular weight excluding hydrogens is 340 g/mol. The zero-order valence-electron chi connectivity index (χ0n) is 16.9. The monoisotopic (exact) mass is 374 g/mol. The molecule has 27 heavy (non-hydrogen) atoms. The highest BCUT2D eigenvalue weighted by Crippen LogP contribution is 2.21. The van der Waals surface area contributed by atoms with Gasteiger partial charge in [0.15, 0.2) is 0 Å². The van der Waals surface area contributed by atoms with E-state index in [1.807, 2.05) is 14.0 Å². The molecule has 2 aliphatic heterocycles. The number of piperidine rings is 1. The molecule has 0 aromatic heterocycles. The van der Waals surface area contributed by atoms with E-state index in [4.69, 9.17) is 9.47 Å². The van der Waals surface area contributed by atoms with Gasteiger partial charge >= 0.3 is 0 Å². The van der Waals surface area contributed by atoms with Crippen LogP contribution in [0.5, 0.6) is 0 Å². The molecule has 1 aromatic carbocycles. The molecule has 2 aliphatic rings. The topological polar surface area (TPSA) is 42.0 Å². The second-order valence-corrected chi connectivity index (χ2v) is 7.87. The first-order chi connectivity index (χ1) is 13.1. The van der Waals surface area contributed by atoms with Gasteiger partial charge < -0.3 is 19.3 Å². The summed E-state index contributed by atoms with van der Waals surface area (Å²) in [7, 11) is 1.85. The molecule has 0 radical (unpaired) electrons. The fraction of sp³-hybridized carbons (Fsp3) is 0.682. The van der Waals surface area contributed by atoms with Crippen LogP contribution < -0.4 is 4.90 Å². The minimum atomic E-state index is -0.437. The predicted octanol–water partition coefficient (Wildman–Crippen LogP) is 3.61. The van der Waals surface area contributed by atoms with Gasteiger partial charge in [0.1, 0.15) is 6.10 Å². The summed E-state index contributed by atoms with van der Waals surface area (Å²) in [6.07, 6.45) is 6.95. The summed E-state index contributed by atoms with van der Waals surface area (Å²) in [6.45, 7) is 6.05. The third-order valence-corrected chi connectivity index (χ3v) is 5.61. The number of likely N-dealkylation sites (N-methyl/N-ethyl adjacent to an activating group) is 1. The number of hydrogen-bond acceptors (Lipinski definition) is 4. The molecule has 1 aromatic rings. The molecule has 0 spiro atoms. The fourth-order valence-electron chi connectivity index (χ4n) is 3.89. The molecule has 5 nitrogen and oxygen atoms in total. The molecule has 0 N–H and O–H groups in total. The number of amides is 1. The van der Waals surface area contributed by atoms with Gasteiger partial charge in [0.05, 0.1) is 12.7 Å². The van der Waals surface area contributed by atoms with E-state index in [1.165, 1.54) is 31.4 Å². The van der Waals surface area contributed by atoms with Crippen molar-refractivity contribution < 1.29 is 14.3 Å². The largest absolute Gasteiger partial charge is 0.376 e. The second-order valence-electron chi connectivity index (χ2n) is 7.87. The predicted molar refractivity (Wildman–Crippen MR) is 108 cm³/mol. The van der Waals surface area contributed by atoms with E-state index < -0.39 is 6.10 Å². The number of rotatable bonds is 7. The Bertz CT molecular complexity index is 578. The van der Waals surface area contributed by atoms with Crippen molar-refractivity contribution in [1.29, 1.82) is 0 Å². The summed E-state index contributed by atoms with van der Waals surface area (Å²) in [6, 6.07) is 8.63. The van der Waals surface area contributed by atoms with Gasteiger partial charge in [-0.1, -0.05) is 12.1 Å². The quantitative estimate of drug-likeness (QED) is 0.731. The second kappa shape index (κ2) is 10.1. The fourth-order valence-corrected chi connectivity index (χ4v) is 3.89. The van der Waals surface area contributed by atoms with Crippen LogP contribution in [0.3, 0.4) is 0 Å². The number of hydrogen-bond donors (Lipinski definition) is 0. The minimum Gasteiger partial charge on any atom is -0.376 e. The van der Waals surface area contributed by atoms with E-state index in [9.17, 15) is 4.79 Å². The molecule has 3 rings (SSSR count). The van der Waals surface area contributed by atoms with Crippen molar-refractivity contribution in [2.24, 2.45) is 0 Å². The van der Waals surface area contributed by atoms with Gasteiger partial charge in [0.2, 0.25) is 0 Å². The number of carbonyl (C=O) groups excluding carboxylic acids is 1. The zero-order chi connectivity index (χ0) is 19.1. The smallest absolute Gasteiger partial charge is 0.251 e. The third-order valence-electron chi connectivity index (χ3n) is 5.61. The first-order valence-corrected chi connectivity index (χ1v) is 10.5. The Morgan fingerprint density at radius 1 is 1.19 bits per heavy atom. The first kappa shape index (κ1) is 20.2. The molecule has 150 valence electrons. The average Bonchev–Trinajstić information content (AvgIpc) is 2.73. The molecule has 2 atom stereocenters. The molecule has 0 aliphatic carbocycles. The van der Waals surface area contributed by atoms with Crippen LogP contribution in [0.4, 0.5) is 5.69 Å². The van der Waals surface area contributed by atoms with Crippen molar-refractivity contribution in [3.63, 3.8) is 0 Å². The van der Waals surface area contributed by atoms with Crippen LogP contribution in [0.25, 0.3) is 0 Å². The van der Waals surface area contributed by atoms with Gasteiger partial charge in [0, 0.05) is 39.0 Å². The maximum atomic E-state index is 12.6. The Hall–Kier alpha value is -1.59. The van der Waals surface area contributed by atoms with E-state index in [1.54, 1.807) is 4.90 Å². The highest BCUT2D eigenvalue weighted by atomic mass is 16.5. The van der Waals surface area contributed by atoms with Gasteiger partial charge in [-0.15, -0.1) is 0 Å². The lowest BCUT2D eigenvalue weighted by atomic mass is 10.1. The van der Waals surface area contributed by atoms with Gasteiger partial charge in [-0.25, -0.2) is 0 Å². The summed E-state index contributed by atoms with van der Waals surface area (Å²) >= 11 is 0. The molecule has 5 heteroatoms. The number of nitrogens with zero attached hydrogens (tertiary/aromatic N) is 2. The van der Waals surface area contributed by atoms with E-state index >= 15 is 0 Å². The van der Waals surface area contributed by atoms with Crippen LogP contribution >= 0.6 is 0 Å². The lowest BCUT2D eigenvalue weighted by Gasteiger charge is -2.29. The molecular formula is C22H34N2O3. The van der Waals surface area contributed by atoms with Crippen molar-refractivity contribution in [3.8, 4) is 0 Å². The van der Waals surface area contributed by atoms with Crippen molar-refractivity contribution in [1.82, 2.24) is 4.90 Å². The molecule has 2 fully saturated rings. The highest BCUT2D eigenvalue weighted by Gasteiger charge is 2.21. The van der Waals surface area contributed by atoms with Crippen molar-refractivity contribution in [3.05, 3.63) is 29.8 Å². The maximum Gasteiger partial charge on any atom is 0.251 e. The number of ether oxygens (including phenoxy) is 2. The Kier molecular flexibility index (Phi) is 7.53. The van der Waals surface area contributed by atoms with Crippen molar-refractivity contribution in [2.45, 2.75) is 64.2 Å². The highest BCUT2D eigenvalue weighted by molar-refractivity contribution is 5.80. The first-order valence-electron chi connectivity index (χ1n) is 10.5. The summed E-state index contributed by atoms with van der Waals surface area (Å²) < 4.78 is 11.4. The van der Waals surface area contributed by atoms with Gasteiger partial charge in [-0.05, 0) is 63.1 Å². The number of benzene rings is 1. The summed E-state index contributed by atoms with van der Waals surface area (Å²) in [5, 5.41) is 0. The van der Waals surface area contributed by atoms with Crippen molar-refractivity contribution >= 4 is 11.6 Å². The molecule has 2 saturated heterocycles. The SMILES string of the molecule is CC(OCC1CCCCO1)C(=O)N(C)Cc1ccc(N2CCCCC2)cc1. The lowest BCUT2D eigenvalue weighted by Crippen LogP contribution is -2.38. The van der Waals surface area contributed by atoms with Gasteiger partial charge in [-0.2, -0.15) is 0 Å². The molecule has 2 heterocycles. The van der Waals surface area contributed by atoms with Gasteiger partial charge in [0.25, 0.3) is 5.91 Å². The van der Waals surface area contributed by atoms with Crippen LogP contribution in [0.2, 0.25) is 0 Å². The normalized spacial score (nSPS) is 21.7. The average molecular weight is 375 g/mol. The molecule has 2 unspecified atom stereocenters. The molecule has 0 bridgehead atoms. The third kappa shape index (κ3) is 5.94. The number of anilines is 1. The van der Waals surface area contributed by atoms with E-state index in [0.717, 1.165) is 38.1 Å². The maximum absolute atomic E-state index is 12.6.